The van der Waals surface area contributed by atoms with Crippen LogP contribution in [0.15, 0.2) is 66.7 Å². The van der Waals surface area contributed by atoms with E-state index in [1.807, 2.05) is 80.6 Å². The summed E-state index contributed by atoms with van der Waals surface area (Å²) in [6.45, 7) is 4.37. The minimum absolute atomic E-state index is 0.0804. The Hall–Kier alpha value is -3.64. The van der Waals surface area contributed by atoms with Gasteiger partial charge in [0.25, 0.3) is 5.91 Å². The molecule has 1 N–H and O–H groups in total. The van der Waals surface area contributed by atoms with Gasteiger partial charge in [-0.3, -0.25) is 10.1 Å². The summed E-state index contributed by atoms with van der Waals surface area (Å²) in [6.07, 6.45) is -0.486. The van der Waals surface area contributed by atoms with Gasteiger partial charge in [0.1, 0.15) is 18.0 Å². The first-order valence-corrected chi connectivity index (χ1v) is 10.9. The van der Waals surface area contributed by atoms with E-state index in [1.165, 1.54) is 7.11 Å². The largest absolute Gasteiger partial charge is 0.497 e. The van der Waals surface area contributed by atoms with Crippen LogP contribution in [0, 0.1) is 13.8 Å². The average Bonchev–Trinajstić information content (AvgIpc) is 3.09. The number of esters is 1. The number of nitrogens with zero attached hydrogens (tertiary/aromatic N) is 1. The number of carbonyl (C=O) groups excluding carboxylic acids is 2. The molecule has 0 saturated carbocycles. The third-order valence-electron chi connectivity index (χ3n) is 6.07. The number of amides is 1. The summed E-state index contributed by atoms with van der Waals surface area (Å²) in [4.78, 5) is 28.0. The number of methoxy groups -OCH3 is 2. The molecule has 1 aliphatic rings. The molecule has 0 unspecified atom stereocenters. The SMILES string of the molecule is COC(=O)[C@H](N[C@H]1c2ccccc2C(=O)N1Cc1ccc(OC)cc1)c1ccc(C)cc1C. The number of fused-ring (bicyclic) bond motifs is 1. The molecule has 6 nitrogen and oxygen atoms in total. The fourth-order valence-corrected chi connectivity index (χ4v) is 4.35. The monoisotopic (exact) mass is 444 g/mol. The number of aryl methyl sites for hydroxylation is 2. The van der Waals surface area contributed by atoms with Crippen LogP contribution in [0.5, 0.6) is 5.75 Å². The highest BCUT2D eigenvalue weighted by molar-refractivity contribution is 5.99. The van der Waals surface area contributed by atoms with Crippen molar-refractivity contribution in [3.8, 4) is 5.75 Å². The van der Waals surface area contributed by atoms with Crippen LogP contribution < -0.4 is 10.1 Å². The van der Waals surface area contributed by atoms with Crippen molar-refractivity contribution in [1.29, 1.82) is 0 Å². The van der Waals surface area contributed by atoms with Gasteiger partial charge < -0.3 is 14.4 Å². The van der Waals surface area contributed by atoms with Crippen molar-refractivity contribution in [3.05, 3.63) is 100 Å². The molecule has 2 atom stereocenters. The quantitative estimate of drug-likeness (QED) is 0.545. The number of benzene rings is 3. The summed E-state index contributed by atoms with van der Waals surface area (Å²) in [6, 6.07) is 20.4. The Labute approximate surface area is 194 Å². The van der Waals surface area contributed by atoms with Crippen LogP contribution >= 0.6 is 0 Å². The summed E-state index contributed by atoms with van der Waals surface area (Å²) in [5, 5.41) is 3.43. The predicted molar refractivity (Wildman–Crippen MR) is 126 cm³/mol. The normalized spacial score (nSPS) is 15.8. The number of carbonyl (C=O) groups is 2. The van der Waals surface area contributed by atoms with Crippen LogP contribution in [0.1, 0.15) is 50.4 Å². The maximum Gasteiger partial charge on any atom is 0.327 e. The van der Waals surface area contributed by atoms with Gasteiger partial charge >= 0.3 is 5.97 Å². The van der Waals surface area contributed by atoms with Gasteiger partial charge in [-0.05, 0) is 48.7 Å². The molecule has 1 aliphatic heterocycles. The summed E-state index contributed by atoms with van der Waals surface area (Å²) in [7, 11) is 3.00. The second-order valence-electron chi connectivity index (χ2n) is 8.25. The van der Waals surface area contributed by atoms with E-state index in [4.69, 9.17) is 9.47 Å². The molecule has 0 aromatic heterocycles. The van der Waals surface area contributed by atoms with Crippen LogP contribution in [0.25, 0.3) is 0 Å². The number of rotatable bonds is 7. The second kappa shape index (κ2) is 9.46. The van der Waals surface area contributed by atoms with Crippen LogP contribution in [-0.2, 0) is 16.1 Å². The zero-order valence-electron chi connectivity index (χ0n) is 19.3. The first kappa shape index (κ1) is 22.6. The Morgan fingerprint density at radius 1 is 1.03 bits per heavy atom. The van der Waals surface area contributed by atoms with Crippen molar-refractivity contribution in [1.82, 2.24) is 10.2 Å². The molecule has 1 heterocycles. The molecule has 33 heavy (non-hydrogen) atoms. The lowest BCUT2D eigenvalue weighted by Crippen LogP contribution is -2.41. The molecule has 0 bridgehead atoms. The third-order valence-corrected chi connectivity index (χ3v) is 6.07. The Morgan fingerprint density at radius 3 is 2.42 bits per heavy atom. The van der Waals surface area contributed by atoms with Gasteiger partial charge in [0.05, 0.1) is 14.2 Å². The highest BCUT2D eigenvalue weighted by Gasteiger charge is 2.39. The van der Waals surface area contributed by atoms with Gasteiger partial charge in [0.2, 0.25) is 0 Å². The summed E-state index contributed by atoms with van der Waals surface area (Å²) in [5.74, 6) is 0.274. The molecule has 0 spiro atoms. The van der Waals surface area contributed by atoms with Crippen molar-refractivity contribution in [2.45, 2.75) is 32.6 Å². The van der Waals surface area contributed by atoms with Gasteiger partial charge in [0.15, 0.2) is 0 Å². The van der Waals surface area contributed by atoms with Gasteiger partial charge in [-0.2, -0.15) is 0 Å². The van der Waals surface area contributed by atoms with Crippen molar-refractivity contribution >= 4 is 11.9 Å². The summed E-state index contributed by atoms with van der Waals surface area (Å²) in [5.41, 5.74) is 5.36. The Bertz CT molecular complexity index is 1170. The molecule has 4 rings (SSSR count). The number of hydrogen-bond acceptors (Lipinski definition) is 5. The smallest absolute Gasteiger partial charge is 0.327 e. The van der Waals surface area contributed by atoms with E-state index in [0.717, 1.165) is 33.6 Å². The summed E-state index contributed by atoms with van der Waals surface area (Å²) >= 11 is 0. The van der Waals surface area contributed by atoms with E-state index >= 15 is 0 Å². The van der Waals surface area contributed by atoms with Crippen LogP contribution in [0.2, 0.25) is 0 Å². The van der Waals surface area contributed by atoms with E-state index in [2.05, 4.69) is 5.32 Å². The first-order valence-electron chi connectivity index (χ1n) is 10.9. The van der Waals surface area contributed by atoms with E-state index in [-0.39, 0.29) is 5.91 Å². The van der Waals surface area contributed by atoms with Gasteiger partial charge in [-0.1, -0.05) is 54.1 Å². The molecular weight excluding hydrogens is 416 g/mol. The number of nitrogens with one attached hydrogen (secondary N) is 1. The highest BCUT2D eigenvalue weighted by Crippen LogP contribution is 2.35. The minimum Gasteiger partial charge on any atom is -0.497 e. The molecule has 0 saturated heterocycles. The van der Waals surface area contributed by atoms with Crippen LogP contribution in [-0.4, -0.2) is 31.0 Å². The van der Waals surface area contributed by atoms with Crippen molar-refractivity contribution < 1.29 is 19.1 Å². The van der Waals surface area contributed by atoms with Gasteiger partial charge in [-0.25, -0.2) is 4.79 Å². The first-order chi connectivity index (χ1) is 15.9. The zero-order chi connectivity index (χ0) is 23.5. The molecule has 1 amide bonds. The van der Waals surface area contributed by atoms with E-state index < -0.39 is 18.2 Å². The molecule has 0 radical (unpaired) electrons. The van der Waals surface area contributed by atoms with E-state index in [0.29, 0.717) is 12.1 Å². The van der Waals surface area contributed by atoms with Gasteiger partial charge in [0, 0.05) is 17.7 Å². The fourth-order valence-electron chi connectivity index (χ4n) is 4.35. The Kier molecular flexibility index (Phi) is 6.47. The van der Waals surface area contributed by atoms with Crippen molar-refractivity contribution in [3.63, 3.8) is 0 Å². The van der Waals surface area contributed by atoms with Gasteiger partial charge in [-0.15, -0.1) is 0 Å². The van der Waals surface area contributed by atoms with Crippen molar-refractivity contribution in [2.75, 3.05) is 14.2 Å². The molecular formula is C27H28N2O4. The Morgan fingerprint density at radius 2 is 1.76 bits per heavy atom. The van der Waals surface area contributed by atoms with E-state index in [9.17, 15) is 9.59 Å². The molecule has 0 fully saturated rings. The average molecular weight is 445 g/mol. The van der Waals surface area contributed by atoms with Crippen LogP contribution in [0.3, 0.4) is 0 Å². The van der Waals surface area contributed by atoms with Crippen molar-refractivity contribution in [2.24, 2.45) is 0 Å². The molecule has 0 aliphatic carbocycles. The zero-order valence-corrected chi connectivity index (χ0v) is 19.3. The molecule has 6 heteroatoms. The minimum atomic E-state index is -0.724. The lowest BCUT2D eigenvalue weighted by atomic mass is 9.98. The number of ether oxygens (including phenoxy) is 2. The van der Waals surface area contributed by atoms with Crippen LogP contribution in [0.4, 0.5) is 0 Å². The molecule has 170 valence electrons. The predicted octanol–water partition coefficient (Wildman–Crippen LogP) is 4.47. The maximum atomic E-state index is 13.3. The molecule has 3 aromatic carbocycles. The third kappa shape index (κ3) is 4.47. The second-order valence-corrected chi connectivity index (χ2v) is 8.25. The van der Waals surface area contributed by atoms with E-state index in [1.54, 1.807) is 12.0 Å². The molecule has 3 aromatic rings. The Balaban J connectivity index is 1.71. The topological polar surface area (TPSA) is 67.9 Å². The number of hydrogen-bond donors (Lipinski definition) is 1. The summed E-state index contributed by atoms with van der Waals surface area (Å²) < 4.78 is 10.4. The fraction of sp³-hybridized carbons (Fsp3) is 0.259. The standard InChI is InChI=1S/C27H28N2O4/c1-17-9-14-21(18(2)15-17)24(27(31)33-4)28-25-22-7-5-6-8-23(22)26(30)29(25)16-19-10-12-20(32-3)13-11-19/h5-15,24-25,28H,16H2,1-4H3/t24-,25-/m1/s1. The lowest BCUT2D eigenvalue weighted by molar-refractivity contribution is -0.144. The lowest BCUT2D eigenvalue weighted by Gasteiger charge is -2.30. The maximum absolute atomic E-state index is 13.3. The highest BCUT2D eigenvalue weighted by atomic mass is 16.5.